The summed E-state index contributed by atoms with van der Waals surface area (Å²) in [7, 11) is 1.52. The Kier molecular flexibility index (Phi) is 4.97. The number of carbonyl (C=O) groups is 3. The molecule has 1 unspecified atom stereocenters. The molecule has 1 N–H and O–H groups in total. The van der Waals surface area contributed by atoms with Crippen LogP contribution in [0.15, 0.2) is 42.5 Å². The Morgan fingerprint density at radius 1 is 1.20 bits per heavy atom. The number of likely N-dealkylation sites (N-methyl/N-ethyl adjacent to an activating group) is 1. The number of nitrogens with zero attached hydrogens (tertiary/aromatic N) is 1. The van der Waals surface area contributed by atoms with Crippen LogP contribution in [0.25, 0.3) is 10.8 Å². The maximum absolute atomic E-state index is 12.0. The minimum absolute atomic E-state index is 0.149. The van der Waals surface area contributed by atoms with Gasteiger partial charge in [0.2, 0.25) is 11.7 Å². The van der Waals surface area contributed by atoms with Crippen molar-refractivity contribution in [3.05, 3.63) is 42.5 Å². The van der Waals surface area contributed by atoms with Gasteiger partial charge in [0.25, 0.3) is 5.91 Å². The first-order chi connectivity index (χ1) is 12.1. The number of carbonyl (C=O) groups excluding carboxylic acids is 3. The number of amides is 2. The summed E-state index contributed by atoms with van der Waals surface area (Å²) in [5.74, 6) is -1.71. The van der Waals surface area contributed by atoms with Crippen LogP contribution >= 0.6 is 0 Å². The van der Waals surface area contributed by atoms with E-state index in [1.807, 2.05) is 42.5 Å². The van der Waals surface area contributed by atoms with E-state index in [2.05, 4.69) is 5.32 Å². The molecule has 1 aliphatic heterocycles. The SMILES string of the molecule is CN1CC(C(=O)NCCCOc2cccc3ccccc23)C(=O)C1=O. The second-order valence-electron chi connectivity index (χ2n) is 6.07. The molecule has 0 aliphatic carbocycles. The molecule has 25 heavy (non-hydrogen) atoms. The van der Waals surface area contributed by atoms with E-state index in [-0.39, 0.29) is 6.54 Å². The number of hydrogen-bond donors (Lipinski definition) is 1. The molecule has 1 aliphatic rings. The van der Waals surface area contributed by atoms with E-state index in [9.17, 15) is 14.4 Å². The summed E-state index contributed by atoms with van der Waals surface area (Å²) >= 11 is 0. The standard InChI is InChI=1S/C19H20N2O4/c1-21-12-15(17(22)19(21)24)18(23)20-10-5-11-25-16-9-4-7-13-6-2-3-8-14(13)16/h2-4,6-9,15H,5,10-12H2,1H3,(H,20,23). The molecule has 6 heteroatoms. The zero-order chi connectivity index (χ0) is 17.8. The Morgan fingerprint density at radius 2 is 1.96 bits per heavy atom. The molecule has 0 radical (unpaired) electrons. The molecular weight excluding hydrogens is 320 g/mol. The average Bonchev–Trinajstić information content (AvgIpc) is 2.89. The lowest BCUT2D eigenvalue weighted by molar-refractivity contribution is -0.142. The third-order valence-electron chi connectivity index (χ3n) is 4.27. The summed E-state index contributed by atoms with van der Waals surface area (Å²) in [5, 5.41) is 4.86. The number of ketones is 1. The Morgan fingerprint density at radius 3 is 2.72 bits per heavy atom. The fraction of sp³-hybridized carbons (Fsp3) is 0.316. The summed E-state index contributed by atoms with van der Waals surface area (Å²) < 4.78 is 5.80. The molecular formula is C19H20N2O4. The van der Waals surface area contributed by atoms with Crippen LogP contribution in [0.3, 0.4) is 0 Å². The maximum atomic E-state index is 12.0. The van der Waals surface area contributed by atoms with Crippen LogP contribution in [-0.4, -0.2) is 49.2 Å². The summed E-state index contributed by atoms with van der Waals surface area (Å²) in [6.45, 7) is 0.993. The van der Waals surface area contributed by atoms with Crippen LogP contribution in [0, 0.1) is 5.92 Å². The largest absolute Gasteiger partial charge is 0.493 e. The summed E-state index contributed by atoms with van der Waals surface area (Å²) in [6, 6.07) is 13.9. The highest BCUT2D eigenvalue weighted by molar-refractivity contribution is 6.42. The topological polar surface area (TPSA) is 75.7 Å². The highest BCUT2D eigenvalue weighted by Crippen LogP contribution is 2.25. The number of nitrogens with one attached hydrogen (secondary N) is 1. The third kappa shape index (κ3) is 3.63. The van der Waals surface area contributed by atoms with Crippen molar-refractivity contribution < 1.29 is 19.1 Å². The number of rotatable bonds is 6. The number of fused-ring (bicyclic) bond motifs is 1. The van der Waals surface area contributed by atoms with Crippen molar-refractivity contribution in [2.75, 3.05) is 26.7 Å². The van der Waals surface area contributed by atoms with E-state index in [1.165, 1.54) is 11.9 Å². The zero-order valence-electron chi connectivity index (χ0n) is 14.0. The molecule has 1 saturated heterocycles. The Labute approximate surface area is 145 Å². The van der Waals surface area contributed by atoms with Gasteiger partial charge in [-0.1, -0.05) is 36.4 Å². The molecule has 0 spiro atoms. The lowest BCUT2D eigenvalue weighted by Gasteiger charge is -2.11. The van der Waals surface area contributed by atoms with Crippen molar-refractivity contribution in [1.82, 2.24) is 10.2 Å². The van der Waals surface area contributed by atoms with Gasteiger partial charge in [0.15, 0.2) is 0 Å². The minimum atomic E-state index is -0.892. The van der Waals surface area contributed by atoms with Crippen molar-refractivity contribution >= 4 is 28.4 Å². The molecule has 1 heterocycles. The number of ether oxygens (including phenoxy) is 1. The molecule has 0 saturated carbocycles. The van der Waals surface area contributed by atoms with E-state index in [0.717, 1.165) is 16.5 Å². The zero-order valence-corrected chi connectivity index (χ0v) is 14.0. The highest BCUT2D eigenvalue weighted by atomic mass is 16.5. The fourth-order valence-corrected chi connectivity index (χ4v) is 2.89. The summed E-state index contributed by atoms with van der Waals surface area (Å²) in [6.07, 6.45) is 0.611. The van der Waals surface area contributed by atoms with E-state index < -0.39 is 23.5 Å². The van der Waals surface area contributed by atoms with Crippen LogP contribution in [0.1, 0.15) is 6.42 Å². The van der Waals surface area contributed by atoms with Crippen molar-refractivity contribution in [2.45, 2.75) is 6.42 Å². The van der Waals surface area contributed by atoms with Gasteiger partial charge in [-0.25, -0.2) is 0 Å². The van der Waals surface area contributed by atoms with Gasteiger partial charge in [-0.15, -0.1) is 0 Å². The molecule has 0 aromatic heterocycles. The lowest BCUT2D eigenvalue weighted by atomic mass is 10.1. The van der Waals surface area contributed by atoms with Gasteiger partial charge in [0.05, 0.1) is 6.61 Å². The molecule has 130 valence electrons. The van der Waals surface area contributed by atoms with Gasteiger partial charge < -0.3 is 15.0 Å². The van der Waals surface area contributed by atoms with Crippen molar-refractivity contribution in [3.63, 3.8) is 0 Å². The second-order valence-corrected chi connectivity index (χ2v) is 6.07. The molecule has 1 atom stereocenters. The van der Waals surface area contributed by atoms with Crippen LogP contribution < -0.4 is 10.1 Å². The molecule has 0 bridgehead atoms. The molecule has 3 rings (SSSR count). The number of benzene rings is 2. The molecule has 6 nitrogen and oxygen atoms in total. The maximum Gasteiger partial charge on any atom is 0.290 e. The lowest BCUT2D eigenvalue weighted by Crippen LogP contribution is -2.36. The predicted octanol–water partition coefficient (Wildman–Crippen LogP) is 1.38. The van der Waals surface area contributed by atoms with E-state index in [1.54, 1.807) is 0 Å². The molecule has 2 aromatic carbocycles. The molecule has 2 aromatic rings. The van der Waals surface area contributed by atoms with Crippen molar-refractivity contribution in [2.24, 2.45) is 5.92 Å². The molecule has 2 amide bonds. The Balaban J connectivity index is 1.45. The predicted molar refractivity (Wildman–Crippen MR) is 93.2 cm³/mol. The smallest absolute Gasteiger partial charge is 0.290 e. The van der Waals surface area contributed by atoms with E-state index in [4.69, 9.17) is 4.74 Å². The van der Waals surface area contributed by atoms with E-state index >= 15 is 0 Å². The monoisotopic (exact) mass is 340 g/mol. The van der Waals surface area contributed by atoms with Crippen molar-refractivity contribution in [3.8, 4) is 5.75 Å². The van der Waals surface area contributed by atoms with Gasteiger partial charge in [0, 0.05) is 25.5 Å². The summed E-state index contributed by atoms with van der Waals surface area (Å²) in [5.41, 5.74) is 0. The van der Waals surface area contributed by atoms with Crippen LogP contribution in [-0.2, 0) is 14.4 Å². The van der Waals surface area contributed by atoms with Gasteiger partial charge in [-0.05, 0) is 17.9 Å². The van der Waals surface area contributed by atoms with Gasteiger partial charge in [-0.3, -0.25) is 14.4 Å². The second kappa shape index (κ2) is 7.34. The van der Waals surface area contributed by atoms with E-state index in [0.29, 0.717) is 19.6 Å². The Hall–Kier alpha value is -2.89. The Bertz CT molecular complexity index is 813. The highest BCUT2D eigenvalue weighted by Gasteiger charge is 2.41. The first-order valence-electron chi connectivity index (χ1n) is 8.25. The number of hydrogen-bond acceptors (Lipinski definition) is 4. The van der Waals surface area contributed by atoms with Gasteiger partial charge in [-0.2, -0.15) is 0 Å². The first-order valence-corrected chi connectivity index (χ1v) is 8.25. The molecule has 1 fully saturated rings. The van der Waals surface area contributed by atoms with Crippen LogP contribution in [0.2, 0.25) is 0 Å². The average molecular weight is 340 g/mol. The first kappa shape index (κ1) is 17.0. The quantitative estimate of drug-likeness (QED) is 0.490. The summed E-state index contributed by atoms with van der Waals surface area (Å²) in [4.78, 5) is 36.4. The third-order valence-corrected chi connectivity index (χ3v) is 4.27. The van der Waals surface area contributed by atoms with Gasteiger partial charge in [0.1, 0.15) is 11.7 Å². The van der Waals surface area contributed by atoms with Crippen LogP contribution in [0.4, 0.5) is 0 Å². The van der Waals surface area contributed by atoms with Gasteiger partial charge >= 0.3 is 0 Å². The minimum Gasteiger partial charge on any atom is -0.493 e. The normalized spacial score (nSPS) is 17.2. The fourth-order valence-electron chi connectivity index (χ4n) is 2.89. The van der Waals surface area contributed by atoms with Crippen molar-refractivity contribution in [1.29, 1.82) is 0 Å². The number of Topliss-reactive ketones (excluding diaryl/α,β-unsaturated/α-hetero) is 1. The number of likely N-dealkylation sites (tertiary alicyclic amines) is 1. The van der Waals surface area contributed by atoms with Crippen LogP contribution in [0.5, 0.6) is 5.75 Å².